The van der Waals surface area contributed by atoms with Crippen LogP contribution >= 0.6 is 0 Å². The minimum Gasteiger partial charge on any atom is -0.492 e. The Morgan fingerprint density at radius 1 is 1.33 bits per heavy atom. The van der Waals surface area contributed by atoms with E-state index in [2.05, 4.69) is 12.2 Å². The highest BCUT2D eigenvalue weighted by Gasteiger charge is 2.00. The minimum absolute atomic E-state index is 0.219. The van der Waals surface area contributed by atoms with Crippen LogP contribution in [0.15, 0.2) is 18.2 Å². The standard InChI is InChI=1S/C12H18FNO/c1-3-6-14-7-8-15-12-5-4-11(13)9-10(12)2/h4-5,9,14H,3,6-8H2,1-2H3. The van der Waals surface area contributed by atoms with Gasteiger partial charge in [-0.1, -0.05) is 6.92 Å². The fraction of sp³-hybridized carbons (Fsp3) is 0.500. The fourth-order valence-corrected chi connectivity index (χ4v) is 1.31. The molecule has 0 fully saturated rings. The summed E-state index contributed by atoms with van der Waals surface area (Å²) in [5.41, 5.74) is 0.838. The van der Waals surface area contributed by atoms with Crippen LogP contribution in [0.3, 0.4) is 0 Å². The third-order valence-corrected chi connectivity index (χ3v) is 2.10. The summed E-state index contributed by atoms with van der Waals surface area (Å²) in [4.78, 5) is 0. The summed E-state index contributed by atoms with van der Waals surface area (Å²) in [5, 5.41) is 3.24. The van der Waals surface area contributed by atoms with Crippen molar-refractivity contribution in [3.63, 3.8) is 0 Å². The summed E-state index contributed by atoms with van der Waals surface area (Å²) in [6.45, 7) is 6.42. The molecule has 0 unspecified atom stereocenters. The van der Waals surface area contributed by atoms with Gasteiger partial charge in [0.1, 0.15) is 18.2 Å². The van der Waals surface area contributed by atoms with Crippen LogP contribution in [0, 0.1) is 12.7 Å². The first-order valence-electron chi connectivity index (χ1n) is 5.33. The smallest absolute Gasteiger partial charge is 0.123 e. The van der Waals surface area contributed by atoms with Gasteiger partial charge in [-0.2, -0.15) is 0 Å². The van der Waals surface area contributed by atoms with Gasteiger partial charge in [0.15, 0.2) is 0 Å². The number of halogens is 1. The predicted octanol–water partition coefficient (Wildman–Crippen LogP) is 2.51. The van der Waals surface area contributed by atoms with Crippen LogP contribution in [0.25, 0.3) is 0 Å². The molecule has 15 heavy (non-hydrogen) atoms. The Morgan fingerprint density at radius 3 is 2.80 bits per heavy atom. The molecule has 0 bridgehead atoms. The van der Waals surface area contributed by atoms with Crippen molar-refractivity contribution in [3.05, 3.63) is 29.6 Å². The Balaban J connectivity index is 2.31. The van der Waals surface area contributed by atoms with Crippen LogP contribution in [-0.2, 0) is 0 Å². The second kappa shape index (κ2) is 6.40. The van der Waals surface area contributed by atoms with E-state index in [9.17, 15) is 4.39 Å². The van der Waals surface area contributed by atoms with Crippen LogP contribution in [0.1, 0.15) is 18.9 Å². The van der Waals surface area contributed by atoms with Crippen LogP contribution in [0.4, 0.5) is 4.39 Å². The molecule has 1 N–H and O–H groups in total. The molecule has 0 radical (unpaired) electrons. The summed E-state index contributed by atoms with van der Waals surface area (Å²) in [6.07, 6.45) is 1.12. The van der Waals surface area contributed by atoms with Crippen molar-refractivity contribution >= 4 is 0 Å². The maximum Gasteiger partial charge on any atom is 0.123 e. The van der Waals surface area contributed by atoms with Crippen molar-refractivity contribution in [2.75, 3.05) is 19.7 Å². The highest BCUT2D eigenvalue weighted by molar-refractivity contribution is 5.32. The molecule has 3 heteroatoms. The van der Waals surface area contributed by atoms with Crippen molar-refractivity contribution in [1.82, 2.24) is 5.32 Å². The van der Waals surface area contributed by atoms with Crippen LogP contribution in [-0.4, -0.2) is 19.7 Å². The second-order valence-electron chi connectivity index (χ2n) is 3.51. The Bertz CT molecular complexity index is 302. The zero-order valence-electron chi connectivity index (χ0n) is 9.35. The van der Waals surface area contributed by atoms with E-state index in [1.165, 1.54) is 12.1 Å². The molecule has 0 heterocycles. The lowest BCUT2D eigenvalue weighted by molar-refractivity contribution is 0.312. The normalized spacial score (nSPS) is 10.3. The molecule has 0 aliphatic carbocycles. The van der Waals surface area contributed by atoms with Crippen molar-refractivity contribution in [1.29, 1.82) is 0 Å². The lowest BCUT2D eigenvalue weighted by atomic mass is 10.2. The van der Waals surface area contributed by atoms with Gasteiger partial charge in [-0.3, -0.25) is 0 Å². The van der Waals surface area contributed by atoms with E-state index in [4.69, 9.17) is 4.74 Å². The molecule has 2 nitrogen and oxygen atoms in total. The first kappa shape index (κ1) is 12.0. The SMILES string of the molecule is CCCNCCOc1ccc(F)cc1C. The molecular formula is C12H18FNO. The summed E-state index contributed by atoms with van der Waals surface area (Å²) >= 11 is 0. The lowest BCUT2D eigenvalue weighted by Gasteiger charge is -2.09. The summed E-state index contributed by atoms with van der Waals surface area (Å²) in [6, 6.07) is 4.57. The topological polar surface area (TPSA) is 21.3 Å². The number of ether oxygens (including phenoxy) is 1. The van der Waals surface area contributed by atoms with Gasteiger partial charge in [-0.05, 0) is 43.7 Å². The third-order valence-electron chi connectivity index (χ3n) is 2.10. The van der Waals surface area contributed by atoms with Gasteiger partial charge in [0, 0.05) is 6.54 Å². The van der Waals surface area contributed by atoms with Gasteiger partial charge < -0.3 is 10.1 Å². The lowest BCUT2D eigenvalue weighted by Crippen LogP contribution is -2.21. The van der Waals surface area contributed by atoms with Crippen LogP contribution in [0.5, 0.6) is 5.75 Å². The van der Waals surface area contributed by atoms with Crippen LogP contribution < -0.4 is 10.1 Å². The quantitative estimate of drug-likeness (QED) is 0.730. The number of aryl methyl sites for hydroxylation is 1. The molecule has 0 saturated carbocycles. The number of hydrogen-bond donors (Lipinski definition) is 1. The fourth-order valence-electron chi connectivity index (χ4n) is 1.31. The van der Waals surface area contributed by atoms with E-state index in [1.807, 2.05) is 6.92 Å². The second-order valence-corrected chi connectivity index (χ2v) is 3.51. The molecule has 1 rings (SSSR count). The van der Waals surface area contributed by atoms with Crippen molar-refractivity contribution in [2.24, 2.45) is 0 Å². The number of nitrogens with one attached hydrogen (secondary N) is 1. The first-order chi connectivity index (χ1) is 7.24. The monoisotopic (exact) mass is 211 g/mol. The van der Waals surface area contributed by atoms with Gasteiger partial charge in [-0.25, -0.2) is 4.39 Å². The number of rotatable bonds is 6. The maximum absolute atomic E-state index is 12.8. The van der Waals surface area contributed by atoms with E-state index >= 15 is 0 Å². The molecule has 0 aliphatic heterocycles. The average Bonchev–Trinajstić information content (AvgIpc) is 2.20. The molecule has 0 amide bonds. The molecule has 84 valence electrons. The van der Waals surface area contributed by atoms with Crippen LogP contribution in [0.2, 0.25) is 0 Å². The molecule has 0 aromatic heterocycles. The zero-order chi connectivity index (χ0) is 11.1. The summed E-state index contributed by atoms with van der Waals surface area (Å²) in [5.74, 6) is 0.540. The predicted molar refractivity (Wildman–Crippen MR) is 59.8 cm³/mol. The van der Waals surface area contributed by atoms with Gasteiger partial charge in [-0.15, -0.1) is 0 Å². The Morgan fingerprint density at radius 2 is 2.13 bits per heavy atom. The molecule has 1 aromatic rings. The number of benzene rings is 1. The average molecular weight is 211 g/mol. The molecular weight excluding hydrogens is 193 g/mol. The summed E-state index contributed by atoms with van der Waals surface area (Å²) in [7, 11) is 0. The van der Waals surface area contributed by atoms with E-state index in [0.29, 0.717) is 6.61 Å². The largest absolute Gasteiger partial charge is 0.492 e. The summed E-state index contributed by atoms with van der Waals surface area (Å²) < 4.78 is 18.3. The molecule has 0 saturated heterocycles. The maximum atomic E-state index is 12.8. The highest BCUT2D eigenvalue weighted by atomic mass is 19.1. The molecule has 0 aliphatic rings. The van der Waals surface area contributed by atoms with Crippen molar-refractivity contribution in [2.45, 2.75) is 20.3 Å². The number of hydrogen-bond acceptors (Lipinski definition) is 2. The van der Waals surface area contributed by atoms with Crippen molar-refractivity contribution < 1.29 is 9.13 Å². The van der Waals surface area contributed by atoms with Gasteiger partial charge >= 0.3 is 0 Å². The first-order valence-corrected chi connectivity index (χ1v) is 5.33. The van der Waals surface area contributed by atoms with Gasteiger partial charge in [0.05, 0.1) is 0 Å². The van der Waals surface area contributed by atoms with E-state index in [0.717, 1.165) is 30.8 Å². The van der Waals surface area contributed by atoms with Gasteiger partial charge in [0.25, 0.3) is 0 Å². The van der Waals surface area contributed by atoms with E-state index < -0.39 is 0 Å². The van der Waals surface area contributed by atoms with Gasteiger partial charge in [0.2, 0.25) is 0 Å². The minimum atomic E-state index is -0.219. The van der Waals surface area contributed by atoms with Crippen molar-refractivity contribution in [3.8, 4) is 5.75 Å². The third kappa shape index (κ3) is 4.30. The Hall–Kier alpha value is -1.09. The molecule has 1 aromatic carbocycles. The highest BCUT2D eigenvalue weighted by Crippen LogP contribution is 2.17. The van der Waals surface area contributed by atoms with E-state index in [1.54, 1.807) is 6.07 Å². The zero-order valence-corrected chi connectivity index (χ0v) is 9.35. The molecule has 0 atom stereocenters. The Kier molecular flexibility index (Phi) is 5.12. The Labute approximate surface area is 90.4 Å². The molecule has 0 spiro atoms. The van der Waals surface area contributed by atoms with E-state index in [-0.39, 0.29) is 5.82 Å².